The Bertz CT molecular complexity index is 657. The molecule has 20 heavy (non-hydrogen) atoms. The van der Waals surface area contributed by atoms with Gasteiger partial charge in [0.1, 0.15) is 0 Å². The van der Waals surface area contributed by atoms with Crippen molar-refractivity contribution >= 4 is 5.69 Å². The maximum Gasteiger partial charge on any atom is 0.413 e. The van der Waals surface area contributed by atoms with Crippen molar-refractivity contribution in [1.82, 2.24) is 20.2 Å². The van der Waals surface area contributed by atoms with Gasteiger partial charge >= 0.3 is 6.18 Å². The molecule has 2 N–H and O–H groups in total. The second-order valence-corrected chi connectivity index (χ2v) is 4.98. The summed E-state index contributed by atoms with van der Waals surface area (Å²) in [4.78, 5) is 0. The van der Waals surface area contributed by atoms with E-state index in [1.807, 2.05) is 0 Å². The lowest BCUT2D eigenvalue weighted by Crippen LogP contribution is -2.36. The van der Waals surface area contributed by atoms with Crippen LogP contribution in [-0.4, -0.2) is 26.4 Å². The molecule has 5 nitrogen and oxygen atoms in total. The zero-order chi connectivity index (χ0) is 14.5. The third-order valence-electron chi connectivity index (χ3n) is 3.69. The first-order valence-electron chi connectivity index (χ1n) is 6.08. The van der Waals surface area contributed by atoms with Crippen molar-refractivity contribution in [2.24, 2.45) is 0 Å². The van der Waals surface area contributed by atoms with Crippen molar-refractivity contribution in [3.8, 4) is 11.4 Å². The Kier molecular flexibility index (Phi) is 2.54. The lowest BCUT2D eigenvalue weighted by molar-refractivity contribution is -0.182. The van der Waals surface area contributed by atoms with Crippen molar-refractivity contribution < 1.29 is 13.2 Å². The van der Waals surface area contributed by atoms with Gasteiger partial charge < -0.3 is 5.73 Å². The number of rotatable bonds is 2. The van der Waals surface area contributed by atoms with Gasteiger partial charge in [-0.1, -0.05) is 12.1 Å². The normalized spacial score (nSPS) is 17.2. The van der Waals surface area contributed by atoms with Crippen LogP contribution in [0.5, 0.6) is 0 Å². The number of alkyl halides is 3. The molecule has 0 radical (unpaired) electrons. The lowest BCUT2D eigenvalue weighted by atomic mass is 10.1. The van der Waals surface area contributed by atoms with Crippen molar-refractivity contribution in [3.63, 3.8) is 0 Å². The minimum absolute atomic E-state index is 0.0136. The number of tetrazole rings is 1. The van der Waals surface area contributed by atoms with E-state index in [1.165, 1.54) is 0 Å². The van der Waals surface area contributed by atoms with Gasteiger partial charge in [-0.05, 0) is 41.8 Å². The predicted molar refractivity (Wildman–Crippen MR) is 65.7 cm³/mol. The zero-order valence-electron chi connectivity index (χ0n) is 10.6. The van der Waals surface area contributed by atoms with E-state index in [4.69, 9.17) is 5.73 Å². The van der Waals surface area contributed by atoms with E-state index in [-0.39, 0.29) is 18.7 Å². The summed E-state index contributed by atoms with van der Waals surface area (Å²) in [5.74, 6) is 0.0565. The Morgan fingerprint density at radius 2 is 2.00 bits per heavy atom. The largest absolute Gasteiger partial charge is 0.413 e. The molecule has 1 saturated carbocycles. The Morgan fingerprint density at radius 1 is 1.30 bits per heavy atom. The van der Waals surface area contributed by atoms with Gasteiger partial charge in [-0.25, -0.2) is 4.68 Å². The first-order valence-corrected chi connectivity index (χ1v) is 6.08. The van der Waals surface area contributed by atoms with E-state index in [2.05, 4.69) is 15.5 Å². The van der Waals surface area contributed by atoms with Crippen LogP contribution < -0.4 is 5.73 Å². The summed E-state index contributed by atoms with van der Waals surface area (Å²) < 4.78 is 40.4. The SMILES string of the molecule is Cc1cccc(-c2nnnn2C2(C(F)(F)F)CC2)c1N. The highest BCUT2D eigenvalue weighted by atomic mass is 19.4. The molecule has 1 aromatic heterocycles. The smallest absolute Gasteiger partial charge is 0.398 e. The maximum atomic E-state index is 13.2. The van der Waals surface area contributed by atoms with Gasteiger partial charge in [0, 0.05) is 11.3 Å². The van der Waals surface area contributed by atoms with E-state index in [1.54, 1.807) is 25.1 Å². The Balaban J connectivity index is 2.15. The summed E-state index contributed by atoms with van der Waals surface area (Å²) in [7, 11) is 0. The highest BCUT2D eigenvalue weighted by molar-refractivity contribution is 5.74. The van der Waals surface area contributed by atoms with Crippen LogP contribution in [0.25, 0.3) is 11.4 Å². The predicted octanol–water partition coefficient (Wildman–Crippen LogP) is 2.28. The molecule has 1 aliphatic carbocycles. The van der Waals surface area contributed by atoms with Crippen molar-refractivity contribution in [2.75, 3.05) is 5.73 Å². The summed E-state index contributed by atoms with van der Waals surface area (Å²) in [5.41, 5.74) is 5.53. The molecule has 1 heterocycles. The summed E-state index contributed by atoms with van der Waals surface area (Å²) >= 11 is 0. The Hall–Kier alpha value is -2.12. The number of hydrogen-bond donors (Lipinski definition) is 1. The first-order chi connectivity index (χ1) is 9.37. The van der Waals surface area contributed by atoms with Gasteiger partial charge in [-0.2, -0.15) is 13.2 Å². The van der Waals surface area contributed by atoms with Gasteiger partial charge in [0.2, 0.25) is 0 Å². The number of benzene rings is 1. The highest BCUT2D eigenvalue weighted by Gasteiger charge is 2.66. The molecule has 2 aromatic rings. The molecule has 0 bridgehead atoms. The lowest BCUT2D eigenvalue weighted by Gasteiger charge is -2.20. The molecule has 3 rings (SSSR count). The summed E-state index contributed by atoms with van der Waals surface area (Å²) in [5, 5.41) is 10.7. The number of anilines is 1. The number of hydrogen-bond acceptors (Lipinski definition) is 4. The fourth-order valence-electron chi connectivity index (χ4n) is 2.25. The number of nitrogen functional groups attached to an aromatic ring is 1. The van der Waals surface area contributed by atoms with Crippen LogP contribution in [0.4, 0.5) is 18.9 Å². The fourth-order valence-corrected chi connectivity index (χ4v) is 2.25. The molecule has 0 spiro atoms. The molecular weight excluding hydrogens is 271 g/mol. The summed E-state index contributed by atoms with van der Waals surface area (Å²) in [6, 6.07) is 5.12. The number of nitrogens with zero attached hydrogens (tertiary/aromatic N) is 4. The van der Waals surface area contributed by atoms with Crippen molar-refractivity contribution in [1.29, 1.82) is 0 Å². The summed E-state index contributed by atoms with van der Waals surface area (Å²) in [6.07, 6.45) is -4.41. The zero-order valence-corrected chi connectivity index (χ0v) is 10.6. The standard InChI is InChI=1S/C12H12F3N5/c1-7-3-2-4-8(9(7)16)10-17-18-19-20(10)11(5-6-11)12(13,14)15/h2-4H,5-6,16H2,1H3. The second kappa shape index (κ2) is 3.94. The van der Waals surface area contributed by atoms with E-state index in [0.717, 1.165) is 10.2 Å². The van der Waals surface area contributed by atoms with E-state index in [0.29, 0.717) is 11.3 Å². The average molecular weight is 283 g/mol. The summed E-state index contributed by atoms with van der Waals surface area (Å²) in [6.45, 7) is 1.78. The molecule has 106 valence electrons. The van der Waals surface area contributed by atoms with Crippen LogP contribution in [0, 0.1) is 6.92 Å². The molecule has 8 heteroatoms. The molecule has 1 fully saturated rings. The number of halogens is 3. The van der Waals surface area contributed by atoms with E-state index < -0.39 is 11.7 Å². The number of aromatic nitrogens is 4. The van der Waals surface area contributed by atoms with Gasteiger partial charge in [0.15, 0.2) is 11.4 Å². The quantitative estimate of drug-likeness (QED) is 0.858. The molecule has 0 saturated heterocycles. The number of nitrogens with two attached hydrogens (primary N) is 1. The van der Waals surface area contributed by atoms with E-state index in [9.17, 15) is 13.2 Å². The highest BCUT2D eigenvalue weighted by Crippen LogP contribution is 2.56. The molecule has 0 amide bonds. The van der Waals surface area contributed by atoms with Crippen LogP contribution in [0.1, 0.15) is 18.4 Å². The minimum Gasteiger partial charge on any atom is -0.398 e. The van der Waals surface area contributed by atoms with Crippen LogP contribution in [-0.2, 0) is 5.54 Å². The monoisotopic (exact) mass is 283 g/mol. The molecule has 1 aromatic carbocycles. The molecule has 0 atom stereocenters. The molecule has 0 unspecified atom stereocenters. The van der Waals surface area contributed by atoms with Crippen molar-refractivity contribution in [2.45, 2.75) is 31.5 Å². The Labute approximate surface area is 112 Å². The van der Waals surface area contributed by atoms with Crippen LogP contribution in [0.15, 0.2) is 18.2 Å². The van der Waals surface area contributed by atoms with Gasteiger partial charge in [0.05, 0.1) is 0 Å². The molecular formula is C12H12F3N5. The third-order valence-corrected chi connectivity index (χ3v) is 3.69. The number of para-hydroxylation sites is 1. The van der Waals surface area contributed by atoms with E-state index >= 15 is 0 Å². The molecule has 1 aliphatic rings. The Morgan fingerprint density at radius 3 is 2.60 bits per heavy atom. The van der Waals surface area contributed by atoms with Crippen LogP contribution in [0.2, 0.25) is 0 Å². The van der Waals surface area contributed by atoms with Gasteiger partial charge in [0.25, 0.3) is 0 Å². The second-order valence-electron chi connectivity index (χ2n) is 4.98. The maximum absolute atomic E-state index is 13.2. The van der Waals surface area contributed by atoms with Gasteiger partial charge in [-0.3, -0.25) is 0 Å². The number of aryl methyl sites for hydroxylation is 1. The van der Waals surface area contributed by atoms with Crippen LogP contribution in [0.3, 0.4) is 0 Å². The fraction of sp³-hybridized carbons (Fsp3) is 0.417. The third kappa shape index (κ3) is 1.67. The first kappa shape index (κ1) is 12.9. The van der Waals surface area contributed by atoms with Crippen molar-refractivity contribution in [3.05, 3.63) is 23.8 Å². The minimum atomic E-state index is -4.38. The average Bonchev–Trinajstić information content (AvgIpc) is 3.06. The van der Waals surface area contributed by atoms with Gasteiger partial charge in [-0.15, -0.1) is 5.10 Å². The topological polar surface area (TPSA) is 69.6 Å². The molecule has 0 aliphatic heterocycles. The van der Waals surface area contributed by atoms with Crippen LogP contribution >= 0.6 is 0 Å².